The molecule has 2 saturated heterocycles. The van der Waals surface area contributed by atoms with Crippen molar-refractivity contribution in [2.75, 3.05) is 13.1 Å². The van der Waals surface area contributed by atoms with Gasteiger partial charge in [0, 0.05) is 29.9 Å². The van der Waals surface area contributed by atoms with E-state index in [4.69, 9.17) is 21.4 Å². The summed E-state index contributed by atoms with van der Waals surface area (Å²) >= 11 is 0. The summed E-state index contributed by atoms with van der Waals surface area (Å²) in [5.74, 6) is 1.72. The van der Waals surface area contributed by atoms with Gasteiger partial charge in [0.05, 0.1) is 35.7 Å². The molecule has 0 spiro atoms. The topological polar surface area (TPSA) is 150 Å². The van der Waals surface area contributed by atoms with E-state index in [-0.39, 0.29) is 29.8 Å². The van der Waals surface area contributed by atoms with Gasteiger partial charge in [-0.05, 0) is 89.6 Å². The Balaban J connectivity index is 0.918. The quantitative estimate of drug-likeness (QED) is 0.128. The van der Waals surface area contributed by atoms with Crippen LogP contribution in [0, 0.1) is 5.92 Å². The minimum absolute atomic E-state index is 0.0183. The number of hydrogen-bond acceptors (Lipinski definition) is 6. The molecule has 3 aliphatic rings. The first-order chi connectivity index (χ1) is 26.7. The second-order valence-corrected chi connectivity index (χ2v) is 15.8. The first kappa shape index (κ1) is 35.1. The molecule has 9 rings (SSSR count). The van der Waals surface area contributed by atoms with Crippen LogP contribution >= 0.6 is 0 Å². The maximum Gasteiger partial charge on any atom is 0.244 e. The van der Waals surface area contributed by atoms with E-state index in [1.54, 1.807) is 0 Å². The fraction of sp³-hybridized carbons (Fsp3) is 0.333. The molecule has 2 aromatic heterocycles. The molecule has 0 radical (unpaired) electrons. The minimum Gasteiger partial charge on any atom is -0.344 e. The molecule has 6 N–H and O–H groups in total. The summed E-state index contributed by atoms with van der Waals surface area (Å²) in [5.41, 5.74) is 22.4. The van der Waals surface area contributed by atoms with Crippen molar-refractivity contribution in [3.63, 3.8) is 0 Å². The van der Waals surface area contributed by atoms with E-state index in [2.05, 4.69) is 64.6 Å². The van der Waals surface area contributed by atoms with Gasteiger partial charge in [-0.15, -0.1) is 0 Å². The molecule has 2 aliphatic heterocycles. The number of carbonyl (C=O) groups is 2. The molecule has 280 valence electrons. The first-order valence-electron chi connectivity index (χ1n) is 19.7. The largest absolute Gasteiger partial charge is 0.344 e. The average molecular weight is 733 g/mol. The Morgan fingerprint density at radius 3 is 2.15 bits per heavy atom. The zero-order valence-electron chi connectivity index (χ0n) is 31.5. The number of nitrogens with zero attached hydrogens (tertiary/aromatic N) is 4. The fourth-order valence-corrected chi connectivity index (χ4v) is 8.80. The molecule has 10 heteroatoms. The fourth-order valence-electron chi connectivity index (χ4n) is 8.80. The average Bonchev–Trinajstić information content (AvgIpc) is 4.05. The molecule has 0 bridgehead atoms. The Bertz CT molecular complexity index is 2400. The number of H-pyrrole nitrogens is 2. The lowest BCUT2D eigenvalue weighted by Gasteiger charge is -2.27. The molecule has 2 fully saturated rings. The van der Waals surface area contributed by atoms with Crippen LogP contribution in [0.3, 0.4) is 0 Å². The lowest BCUT2D eigenvalue weighted by molar-refractivity contribution is -0.135. The molecular formula is C45H48N8O2. The second kappa shape index (κ2) is 14.2. The minimum atomic E-state index is -0.692. The van der Waals surface area contributed by atoms with Crippen molar-refractivity contribution in [3.8, 4) is 33.6 Å². The van der Waals surface area contributed by atoms with Gasteiger partial charge in [0.1, 0.15) is 17.7 Å². The molecule has 2 amide bonds. The molecule has 55 heavy (non-hydrogen) atoms. The van der Waals surface area contributed by atoms with Gasteiger partial charge < -0.3 is 31.2 Å². The first-order valence-corrected chi connectivity index (χ1v) is 19.7. The third-order valence-corrected chi connectivity index (χ3v) is 12.0. The Labute approximate surface area is 321 Å². The highest BCUT2D eigenvalue weighted by Crippen LogP contribution is 2.39. The molecule has 10 nitrogen and oxygen atoms in total. The Morgan fingerprint density at radius 2 is 1.40 bits per heavy atom. The van der Waals surface area contributed by atoms with Crippen LogP contribution < -0.4 is 11.5 Å². The highest BCUT2D eigenvalue weighted by atomic mass is 16.2. The Morgan fingerprint density at radius 1 is 0.745 bits per heavy atom. The summed E-state index contributed by atoms with van der Waals surface area (Å²) in [7, 11) is 0. The van der Waals surface area contributed by atoms with Crippen LogP contribution in [0.2, 0.25) is 0 Å². The predicted molar refractivity (Wildman–Crippen MR) is 216 cm³/mol. The van der Waals surface area contributed by atoms with Gasteiger partial charge in [-0.2, -0.15) is 0 Å². The number of rotatable bonds is 8. The number of hydrogen-bond donors (Lipinski definition) is 4. The van der Waals surface area contributed by atoms with E-state index in [9.17, 15) is 9.59 Å². The van der Waals surface area contributed by atoms with Gasteiger partial charge in [0.2, 0.25) is 11.8 Å². The molecule has 0 saturated carbocycles. The number of benzene rings is 4. The van der Waals surface area contributed by atoms with Crippen LogP contribution in [-0.2, 0) is 22.4 Å². The molecule has 6 aromatic rings. The van der Waals surface area contributed by atoms with Gasteiger partial charge in [-0.3, -0.25) is 9.59 Å². The van der Waals surface area contributed by atoms with Crippen LogP contribution in [0.15, 0.2) is 91.1 Å². The lowest BCUT2D eigenvalue weighted by atomic mass is 9.89. The highest BCUT2D eigenvalue weighted by molar-refractivity contribution is 5.91. The van der Waals surface area contributed by atoms with E-state index in [1.807, 2.05) is 60.2 Å². The monoisotopic (exact) mass is 732 g/mol. The Hall–Kier alpha value is -5.58. The van der Waals surface area contributed by atoms with Crippen LogP contribution in [-0.4, -0.2) is 60.7 Å². The zero-order valence-corrected chi connectivity index (χ0v) is 31.5. The number of amides is 2. The van der Waals surface area contributed by atoms with Crippen LogP contribution in [0.25, 0.3) is 44.4 Å². The maximum atomic E-state index is 13.5. The third kappa shape index (κ3) is 6.43. The number of aromatic amines is 2. The summed E-state index contributed by atoms with van der Waals surface area (Å²) in [6.07, 6.45) is 7.30. The van der Waals surface area contributed by atoms with E-state index in [1.165, 1.54) is 16.7 Å². The molecule has 4 heterocycles. The van der Waals surface area contributed by atoms with Gasteiger partial charge in [0.15, 0.2) is 0 Å². The van der Waals surface area contributed by atoms with Crippen molar-refractivity contribution >= 4 is 22.6 Å². The van der Waals surface area contributed by atoms with Crippen LogP contribution in [0.5, 0.6) is 0 Å². The van der Waals surface area contributed by atoms with E-state index in [0.29, 0.717) is 6.54 Å². The summed E-state index contributed by atoms with van der Waals surface area (Å²) in [4.78, 5) is 47.5. The van der Waals surface area contributed by atoms with Gasteiger partial charge in [-0.1, -0.05) is 86.6 Å². The van der Waals surface area contributed by atoms with E-state index in [0.717, 1.165) is 101 Å². The van der Waals surface area contributed by atoms with Crippen molar-refractivity contribution in [1.29, 1.82) is 0 Å². The number of aryl methyl sites for hydroxylation is 2. The SMILES string of the molecule is CC(C)[C@H](N)C(=O)N1CCCC1c1nc2c([nH]1)CCc1cc(-c3ccc4cc(-c5cnc([C@@H]6CCCN6C(=O)[C@H](N)c6ccccc6)[nH]5)ccc4c3)ccc1-2. The number of carbonyl (C=O) groups excluding carboxylic acids is 2. The summed E-state index contributed by atoms with van der Waals surface area (Å²) in [5, 5.41) is 2.30. The summed E-state index contributed by atoms with van der Waals surface area (Å²) in [6, 6.07) is 28.0. The molecular weight excluding hydrogens is 685 g/mol. The molecule has 1 aliphatic carbocycles. The van der Waals surface area contributed by atoms with Crippen LogP contribution in [0.1, 0.15) is 86.1 Å². The molecule has 1 unspecified atom stereocenters. The predicted octanol–water partition coefficient (Wildman–Crippen LogP) is 7.40. The highest BCUT2D eigenvalue weighted by Gasteiger charge is 2.37. The molecule has 4 atom stereocenters. The van der Waals surface area contributed by atoms with Crippen molar-refractivity contribution in [2.24, 2.45) is 17.4 Å². The number of nitrogens with two attached hydrogens (primary N) is 2. The van der Waals surface area contributed by atoms with E-state index < -0.39 is 12.1 Å². The van der Waals surface area contributed by atoms with Gasteiger partial charge >= 0.3 is 0 Å². The smallest absolute Gasteiger partial charge is 0.244 e. The molecule has 4 aromatic carbocycles. The number of aromatic nitrogens is 4. The number of imidazole rings is 2. The maximum absolute atomic E-state index is 13.5. The number of likely N-dealkylation sites (tertiary alicyclic amines) is 2. The normalized spacial score (nSPS) is 19.1. The third-order valence-electron chi connectivity index (χ3n) is 12.0. The van der Waals surface area contributed by atoms with Crippen molar-refractivity contribution in [2.45, 2.75) is 76.5 Å². The second-order valence-electron chi connectivity index (χ2n) is 15.8. The van der Waals surface area contributed by atoms with Gasteiger partial charge in [0.25, 0.3) is 0 Å². The number of nitrogens with one attached hydrogen (secondary N) is 2. The summed E-state index contributed by atoms with van der Waals surface area (Å²) < 4.78 is 0. The Kier molecular flexibility index (Phi) is 9.10. The van der Waals surface area contributed by atoms with Gasteiger partial charge in [-0.25, -0.2) is 9.97 Å². The zero-order chi connectivity index (χ0) is 37.8. The lowest BCUT2D eigenvalue weighted by Crippen LogP contribution is -2.46. The van der Waals surface area contributed by atoms with Crippen molar-refractivity contribution < 1.29 is 9.59 Å². The van der Waals surface area contributed by atoms with Crippen molar-refractivity contribution in [3.05, 3.63) is 120 Å². The van der Waals surface area contributed by atoms with Crippen LogP contribution in [0.4, 0.5) is 0 Å². The standard InChI is InChI=1S/C45H48N8O2/c1-26(2)39(46)44(54)53-21-7-11-38(53)43-49-35-19-17-32-23-31(16-18-34(32)41(35)51-43)28-12-13-30-24-33(15-14-29(30)22-28)36-25-48-42(50-36)37-10-6-20-52(37)45(55)40(47)27-8-4-3-5-9-27/h3-5,8-9,12-16,18,22-26,37-40H,6-7,10-11,17,19-21,46-47H2,1-2H3,(H,48,50)(H,49,51)/t37-,38?,39-,40+/m0/s1. The number of fused-ring (bicyclic) bond motifs is 4. The summed E-state index contributed by atoms with van der Waals surface area (Å²) in [6.45, 7) is 5.39. The van der Waals surface area contributed by atoms with Crippen molar-refractivity contribution in [1.82, 2.24) is 29.7 Å². The van der Waals surface area contributed by atoms with E-state index >= 15 is 0 Å².